The number of ether oxygens (including phenoxy) is 1. The number of amides is 4. The van der Waals surface area contributed by atoms with Crippen molar-refractivity contribution in [2.45, 2.75) is 124 Å². The van der Waals surface area contributed by atoms with Crippen molar-refractivity contribution in [2.75, 3.05) is 6.54 Å². The van der Waals surface area contributed by atoms with Gasteiger partial charge in [-0.2, -0.15) is 0 Å². The Morgan fingerprint density at radius 2 is 1.39 bits per heavy atom. The van der Waals surface area contributed by atoms with E-state index in [1.165, 1.54) is 4.90 Å². The first-order valence-electron chi connectivity index (χ1n) is 18.4. The second-order valence-corrected chi connectivity index (χ2v) is 15.2. The molecule has 4 amide bonds. The third-order valence-electron chi connectivity index (χ3n) is 9.28. The highest BCUT2D eigenvalue weighted by Gasteiger charge is 2.43. The highest BCUT2D eigenvalue weighted by atomic mass is 16.5. The third kappa shape index (κ3) is 14.3. The summed E-state index contributed by atoms with van der Waals surface area (Å²) < 4.78 is 5.49. The van der Waals surface area contributed by atoms with Gasteiger partial charge in [-0.05, 0) is 62.5 Å². The second kappa shape index (κ2) is 20.8. The molecule has 7 atom stereocenters. The number of nitrogens with one attached hydrogen (secondary N) is 3. The first-order valence-corrected chi connectivity index (χ1v) is 18.4. The number of nitrogens with two attached hydrogens (primary N) is 1. The van der Waals surface area contributed by atoms with Crippen LogP contribution in [-0.2, 0) is 27.4 Å². The number of aliphatic hydroxyl groups excluding tert-OH is 1. The van der Waals surface area contributed by atoms with Gasteiger partial charge in [-0.3, -0.25) is 9.59 Å². The lowest BCUT2D eigenvalue weighted by Gasteiger charge is -2.41. The summed E-state index contributed by atoms with van der Waals surface area (Å²) in [6, 6.07) is 16.0. The molecule has 284 valence electrons. The number of hydrogen-bond acceptors (Lipinski definition) is 7. The second-order valence-electron chi connectivity index (χ2n) is 15.2. The van der Waals surface area contributed by atoms with Crippen molar-refractivity contribution in [2.24, 2.45) is 29.4 Å². The summed E-state index contributed by atoms with van der Waals surface area (Å²) in [5.74, 6) is -2.47. The van der Waals surface area contributed by atoms with Crippen LogP contribution in [0.15, 0.2) is 60.7 Å². The zero-order valence-corrected chi connectivity index (χ0v) is 32.1. The van der Waals surface area contributed by atoms with Crippen molar-refractivity contribution in [3.8, 4) is 0 Å². The summed E-state index contributed by atoms with van der Waals surface area (Å²) in [5, 5.41) is 21.1. The number of rotatable bonds is 19. The van der Waals surface area contributed by atoms with Gasteiger partial charge >= 0.3 is 12.1 Å². The predicted molar refractivity (Wildman–Crippen MR) is 201 cm³/mol. The fourth-order valence-electron chi connectivity index (χ4n) is 5.59. The molecular weight excluding hydrogens is 646 g/mol. The van der Waals surface area contributed by atoms with E-state index >= 15 is 0 Å². The van der Waals surface area contributed by atoms with E-state index in [0.717, 1.165) is 11.1 Å². The summed E-state index contributed by atoms with van der Waals surface area (Å²) in [7, 11) is 0. The first kappa shape index (κ1) is 43.2. The molecule has 0 bridgehead atoms. The van der Waals surface area contributed by atoms with E-state index in [1.807, 2.05) is 123 Å². The van der Waals surface area contributed by atoms with Crippen molar-refractivity contribution in [3.05, 3.63) is 71.8 Å². The van der Waals surface area contributed by atoms with Gasteiger partial charge in [-0.1, -0.05) is 115 Å². The Balaban J connectivity index is 2.65. The molecule has 0 spiro atoms. The van der Waals surface area contributed by atoms with E-state index in [9.17, 15) is 24.3 Å². The SMILES string of the molecule is CC[C@H](C)[C@H](N)C(=O)NC(C(O)C(Cc1ccccc1)C(=O)[C@@H](NC(=O)OCc1ccccc1)[C@@H](C)CC)N(CCC(C)C)C(=O)NC(C)(C)C. The van der Waals surface area contributed by atoms with Crippen LogP contribution in [0.1, 0.15) is 92.7 Å². The number of aliphatic hydroxyl groups is 1. The Labute approximate surface area is 305 Å². The summed E-state index contributed by atoms with van der Waals surface area (Å²) in [5.41, 5.74) is 7.29. The number of carbonyl (C=O) groups is 4. The largest absolute Gasteiger partial charge is 0.445 e. The van der Waals surface area contributed by atoms with Gasteiger partial charge < -0.3 is 36.4 Å². The summed E-state index contributed by atoms with van der Waals surface area (Å²) in [6.45, 7) is 17.3. The van der Waals surface area contributed by atoms with Crippen LogP contribution in [0, 0.1) is 23.7 Å². The molecule has 3 unspecified atom stereocenters. The average Bonchev–Trinajstić information content (AvgIpc) is 3.09. The molecule has 11 heteroatoms. The molecule has 0 aliphatic heterocycles. The standard InChI is InChI=1S/C40H63N5O6/c1-10-27(5)32(41)37(48)43-36(45(23-22-26(3)4)38(49)44-40(7,8)9)35(47)31(24-29-18-14-12-15-19-29)34(46)33(28(6)11-2)42-39(50)51-25-30-20-16-13-17-21-30/h12-21,26-28,31-33,35-36,47H,10-11,22-25,41H2,1-9H3,(H,42,50)(H,43,48)(H,44,49)/t27-,28-,31?,32-,33-,35?,36?/m0/s1. The maximum absolute atomic E-state index is 14.8. The normalized spacial score (nSPS) is 15.8. The van der Waals surface area contributed by atoms with Crippen LogP contribution in [0.3, 0.4) is 0 Å². The number of ketones is 1. The molecule has 0 saturated carbocycles. The maximum atomic E-state index is 14.8. The molecule has 6 N–H and O–H groups in total. The number of benzene rings is 2. The zero-order chi connectivity index (χ0) is 38.3. The minimum atomic E-state index is -1.59. The molecule has 0 saturated heterocycles. The Hall–Kier alpha value is -3.96. The van der Waals surface area contributed by atoms with Crippen LogP contribution in [0.4, 0.5) is 9.59 Å². The maximum Gasteiger partial charge on any atom is 0.408 e. The van der Waals surface area contributed by atoms with Crippen molar-refractivity contribution in [1.29, 1.82) is 0 Å². The van der Waals surface area contributed by atoms with Gasteiger partial charge in [0.1, 0.15) is 18.9 Å². The molecule has 0 radical (unpaired) electrons. The topological polar surface area (TPSA) is 163 Å². The van der Waals surface area contributed by atoms with Crippen LogP contribution >= 0.6 is 0 Å². The highest BCUT2D eigenvalue weighted by molar-refractivity contribution is 5.90. The number of urea groups is 1. The van der Waals surface area contributed by atoms with E-state index in [0.29, 0.717) is 19.3 Å². The van der Waals surface area contributed by atoms with Gasteiger partial charge in [0, 0.05) is 12.1 Å². The quantitative estimate of drug-likeness (QED) is 0.115. The fourth-order valence-corrected chi connectivity index (χ4v) is 5.59. The van der Waals surface area contributed by atoms with Crippen molar-refractivity contribution < 1.29 is 29.0 Å². The van der Waals surface area contributed by atoms with E-state index in [4.69, 9.17) is 10.5 Å². The monoisotopic (exact) mass is 709 g/mol. The van der Waals surface area contributed by atoms with Crippen LogP contribution in [-0.4, -0.2) is 70.3 Å². The van der Waals surface area contributed by atoms with E-state index < -0.39 is 59.6 Å². The van der Waals surface area contributed by atoms with Gasteiger partial charge in [-0.25, -0.2) is 9.59 Å². The predicted octanol–water partition coefficient (Wildman–Crippen LogP) is 5.79. The fraction of sp³-hybridized carbons (Fsp3) is 0.600. The molecular formula is C40H63N5O6. The van der Waals surface area contributed by atoms with Gasteiger partial charge in [0.15, 0.2) is 5.78 Å². The molecule has 2 aromatic rings. The number of hydrogen-bond donors (Lipinski definition) is 5. The molecule has 0 aliphatic rings. The van der Waals surface area contributed by atoms with Gasteiger partial charge in [0.2, 0.25) is 5.91 Å². The molecule has 0 fully saturated rings. The molecule has 51 heavy (non-hydrogen) atoms. The smallest absolute Gasteiger partial charge is 0.408 e. The Morgan fingerprint density at radius 3 is 1.90 bits per heavy atom. The molecule has 2 aromatic carbocycles. The lowest BCUT2D eigenvalue weighted by Crippen LogP contribution is -2.65. The molecule has 2 rings (SSSR count). The number of Topliss-reactive ketones (excluding diaryl/α,β-unsaturated/α-hetero) is 1. The zero-order valence-electron chi connectivity index (χ0n) is 32.1. The van der Waals surface area contributed by atoms with Crippen molar-refractivity contribution in [3.63, 3.8) is 0 Å². The van der Waals surface area contributed by atoms with E-state index in [-0.39, 0.29) is 37.3 Å². The summed E-state index contributed by atoms with van der Waals surface area (Å²) >= 11 is 0. The lowest BCUT2D eigenvalue weighted by atomic mass is 9.81. The Morgan fingerprint density at radius 1 is 0.843 bits per heavy atom. The minimum Gasteiger partial charge on any atom is -0.445 e. The molecule has 11 nitrogen and oxygen atoms in total. The lowest BCUT2D eigenvalue weighted by molar-refractivity contribution is -0.135. The number of alkyl carbamates (subject to hydrolysis) is 1. The van der Waals surface area contributed by atoms with Gasteiger partial charge in [0.05, 0.1) is 18.0 Å². The van der Waals surface area contributed by atoms with Gasteiger partial charge in [0.25, 0.3) is 0 Å². The van der Waals surface area contributed by atoms with Crippen molar-refractivity contribution >= 4 is 23.8 Å². The van der Waals surface area contributed by atoms with Crippen LogP contribution in [0.5, 0.6) is 0 Å². The van der Waals surface area contributed by atoms with E-state index in [1.54, 1.807) is 0 Å². The minimum absolute atomic E-state index is 0.0163. The van der Waals surface area contributed by atoms with Crippen LogP contribution < -0.4 is 21.7 Å². The third-order valence-corrected chi connectivity index (χ3v) is 9.28. The summed E-state index contributed by atoms with van der Waals surface area (Å²) in [6.07, 6.45) is -1.85. The van der Waals surface area contributed by atoms with Gasteiger partial charge in [-0.15, -0.1) is 0 Å². The number of nitrogens with zero attached hydrogens (tertiary/aromatic N) is 1. The van der Waals surface area contributed by atoms with Crippen molar-refractivity contribution in [1.82, 2.24) is 20.9 Å². The first-order chi connectivity index (χ1) is 24.0. The molecule has 0 aliphatic carbocycles. The number of carbonyl (C=O) groups excluding carboxylic acids is 4. The van der Waals surface area contributed by atoms with E-state index in [2.05, 4.69) is 16.0 Å². The van der Waals surface area contributed by atoms with Crippen LogP contribution in [0.25, 0.3) is 0 Å². The van der Waals surface area contributed by atoms with Crippen LogP contribution in [0.2, 0.25) is 0 Å². The summed E-state index contributed by atoms with van der Waals surface area (Å²) in [4.78, 5) is 57.0. The molecule has 0 aromatic heterocycles. The Kier molecular flexibility index (Phi) is 17.6. The highest BCUT2D eigenvalue weighted by Crippen LogP contribution is 2.25. The Bertz CT molecular complexity index is 1370. The molecule has 0 heterocycles. The average molecular weight is 710 g/mol.